The molecule has 2 rings (SSSR count). The lowest BCUT2D eigenvalue weighted by Crippen LogP contribution is -2.46. The number of carbonyl (C=O) groups is 2. The summed E-state index contributed by atoms with van der Waals surface area (Å²) in [5, 5.41) is 0. The Kier molecular flexibility index (Phi) is 6.28. The zero-order chi connectivity index (χ0) is 18.2. The van der Waals surface area contributed by atoms with E-state index in [0.717, 1.165) is 11.1 Å². The average molecular weight is 342 g/mol. The van der Waals surface area contributed by atoms with Gasteiger partial charge in [0.15, 0.2) is 17.7 Å². The van der Waals surface area contributed by atoms with Crippen molar-refractivity contribution < 1.29 is 18.7 Å². The first-order chi connectivity index (χ1) is 12.0. The number of aryl methyl sites for hydroxylation is 1. The molecule has 6 heteroatoms. The summed E-state index contributed by atoms with van der Waals surface area (Å²) in [6.07, 6.45) is 1.98. The average Bonchev–Trinajstić information content (AvgIpc) is 2.60. The maximum absolute atomic E-state index is 13.5. The summed E-state index contributed by atoms with van der Waals surface area (Å²) < 4.78 is 18.7. The van der Waals surface area contributed by atoms with E-state index >= 15 is 0 Å². The predicted octanol–water partition coefficient (Wildman–Crippen LogP) is 2.76. The fraction of sp³-hybridized carbons (Fsp3) is 0.158. The Morgan fingerprint density at radius 1 is 1.08 bits per heavy atom. The quantitative estimate of drug-likeness (QED) is 0.648. The molecule has 130 valence electrons. The molecule has 2 amide bonds. The SMILES string of the molecule is Cc1ccccc1/C=C/C(=O)NNC(=O)[C@H](C)Oc1ccccc1F. The van der Waals surface area contributed by atoms with Gasteiger partial charge in [-0.25, -0.2) is 4.39 Å². The van der Waals surface area contributed by atoms with E-state index in [1.165, 1.54) is 31.2 Å². The van der Waals surface area contributed by atoms with Crippen molar-refractivity contribution in [2.75, 3.05) is 0 Å². The van der Waals surface area contributed by atoms with Crippen LogP contribution in [-0.4, -0.2) is 17.9 Å². The smallest absolute Gasteiger partial charge is 0.279 e. The van der Waals surface area contributed by atoms with E-state index < -0.39 is 23.7 Å². The Hall–Kier alpha value is -3.15. The van der Waals surface area contributed by atoms with Gasteiger partial charge in [0.2, 0.25) is 0 Å². The van der Waals surface area contributed by atoms with E-state index in [1.54, 1.807) is 12.1 Å². The lowest BCUT2D eigenvalue weighted by molar-refractivity contribution is -0.131. The predicted molar refractivity (Wildman–Crippen MR) is 93.0 cm³/mol. The molecule has 0 fully saturated rings. The topological polar surface area (TPSA) is 67.4 Å². The highest BCUT2D eigenvalue weighted by Crippen LogP contribution is 2.16. The second-order valence-corrected chi connectivity index (χ2v) is 5.36. The summed E-state index contributed by atoms with van der Waals surface area (Å²) in [5.74, 6) is -1.68. The van der Waals surface area contributed by atoms with Gasteiger partial charge in [0.25, 0.3) is 11.8 Å². The fourth-order valence-electron chi connectivity index (χ4n) is 1.99. The van der Waals surface area contributed by atoms with Crippen molar-refractivity contribution in [3.05, 3.63) is 71.6 Å². The van der Waals surface area contributed by atoms with Crippen LogP contribution in [0.2, 0.25) is 0 Å². The molecule has 25 heavy (non-hydrogen) atoms. The highest BCUT2D eigenvalue weighted by atomic mass is 19.1. The van der Waals surface area contributed by atoms with Gasteiger partial charge in [0.05, 0.1) is 0 Å². The molecule has 2 aromatic rings. The summed E-state index contributed by atoms with van der Waals surface area (Å²) in [5.41, 5.74) is 6.42. The molecule has 0 unspecified atom stereocenters. The van der Waals surface area contributed by atoms with Crippen molar-refractivity contribution in [1.29, 1.82) is 0 Å². The summed E-state index contributed by atoms with van der Waals surface area (Å²) in [6, 6.07) is 13.4. The number of hydrogen-bond acceptors (Lipinski definition) is 3. The molecule has 0 radical (unpaired) electrons. The van der Waals surface area contributed by atoms with Gasteiger partial charge < -0.3 is 4.74 Å². The third kappa shape index (κ3) is 5.46. The van der Waals surface area contributed by atoms with Crippen molar-refractivity contribution in [2.45, 2.75) is 20.0 Å². The van der Waals surface area contributed by atoms with Crippen LogP contribution in [-0.2, 0) is 9.59 Å². The number of hydrazine groups is 1. The number of carbonyl (C=O) groups excluding carboxylic acids is 2. The van der Waals surface area contributed by atoms with Gasteiger partial charge in [-0.2, -0.15) is 0 Å². The van der Waals surface area contributed by atoms with Crippen molar-refractivity contribution in [3.8, 4) is 5.75 Å². The maximum Gasteiger partial charge on any atom is 0.279 e. The van der Waals surface area contributed by atoms with Crippen molar-refractivity contribution in [1.82, 2.24) is 10.9 Å². The molecule has 0 bridgehead atoms. The molecule has 0 heterocycles. The standard InChI is InChI=1S/C19H19FN2O3/c1-13-7-3-4-8-15(13)11-12-18(23)21-22-19(24)14(2)25-17-10-6-5-9-16(17)20/h3-12,14H,1-2H3,(H,21,23)(H,22,24)/b12-11+/t14-/m0/s1. The zero-order valence-corrected chi connectivity index (χ0v) is 14.0. The summed E-state index contributed by atoms with van der Waals surface area (Å²) in [7, 11) is 0. The first-order valence-electron chi connectivity index (χ1n) is 7.72. The number of para-hydroxylation sites is 1. The van der Waals surface area contributed by atoms with E-state index in [1.807, 2.05) is 31.2 Å². The summed E-state index contributed by atoms with van der Waals surface area (Å²) in [4.78, 5) is 23.6. The summed E-state index contributed by atoms with van der Waals surface area (Å²) >= 11 is 0. The van der Waals surface area contributed by atoms with Gasteiger partial charge in [-0.15, -0.1) is 0 Å². The number of hydrogen-bond donors (Lipinski definition) is 2. The largest absolute Gasteiger partial charge is 0.478 e. The monoisotopic (exact) mass is 342 g/mol. The van der Waals surface area contributed by atoms with Crippen molar-refractivity contribution in [3.63, 3.8) is 0 Å². The van der Waals surface area contributed by atoms with Gasteiger partial charge >= 0.3 is 0 Å². The molecule has 0 saturated carbocycles. The van der Waals surface area contributed by atoms with E-state index in [0.29, 0.717) is 0 Å². The van der Waals surface area contributed by atoms with E-state index in [4.69, 9.17) is 4.74 Å². The number of rotatable bonds is 5. The number of nitrogens with one attached hydrogen (secondary N) is 2. The molecule has 1 atom stereocenters. The second kappa shape index (κ2) is 8.63. The molecular weight excluding hydrogens is 323 g/mol. The fourth-order valence-corrected chi connectivity index (χ4v) is 1.99. The van der Waals surface area contributed by atoms with Crippen molar-refractivity contribution in [2.24, 2.45) is 0 Å². The molecule has 0 aliphatic heterocycles. The minimum absolute atomic E-state index is 0.0316. The number of benzene rings is 2. The molecule has 0 aliphatic carbocycles. The van der Waals surface area contributed by atoms with Crippen LogP contribution in [0.5, 0.6) is 5.75 Å². The van der Waals surface area contributed by atoms with Gasteiger partial charge in [0, 0.05) is 6.08 Å². The van der Waals surface area contributed by atoms with Crippen LogP contribution >= 0.6 is 0 Å². The first kappa shape index (κ1) is 18.2. The number of halogens is 1. The molecule has 0 aliphatic rings. The second-order valence-electron chi connectivity index (χ2n) is 5.36. The number of amides is 2. The first-order valence-corrected chi connectivity index (χ1v) is 7.72. The van der Waals surface area contributed by atoms with Gasteiger partial charge in [0.1, 0.15) is 0 Å². The van der Waals surface area contributed by atoms with Crippen LogP contribution in [0.3, 0.4) is 0 Å². The third-order valence-electron chi connectivity index (χ3n) is 3.42. The Morgan fingerprint density at radius 2 is 1.76 bits per heavy atom. The Balaban J connectivity index is 1.83. The van der Waals surface area contributed by atoms with Crippen molar-refractivity contribution >= 4 is 17.9 Å². The van der Waals surface area contributed by atoms with Gasteiger partial charge in [-0.1, -0.05) is 36.4 Å². The van der Waals surface area contributed by atoms with Crippen LogP contribution in [0.4, 0.5) is 4.39 Å². The molecule has 5 nitrogen and oxygen atoms in total. The van der Waals surface area contributed by atoms with Gasteiger partial charge in [-0.3, -0.25) is 20.4 Å². The molecule has 0 aromatic heterocycles. The summed E-state index contributed by atoms with van der Waals surface area (Å²) in [6.45, 7) is 3.39. The molecule has 0 spiro atoms. The Labute approximate surface area is 145 Å². The van der Waals surface area contributed by atoms with E-state index in [-0.39, 0.29) is 5.75 Å². The highest BCUT2D eigenvalue weighted by molar-refractivity contribution is 5.93. The van der Waals surface area contributed by atoms with Crippen LogP contribution in [0.15, 0.2) is 54.6 Å². The van der Waals surface area contributed by atoms with Crippen LogP contribution in [0.1, 0.15) is 18.1 Å². The van der Waals surface area contributed by atoms with Crippen LogP contribution in [0.25, 0.3) is 6.08 Å². The highest BCUT2D eigenvalue weighted by Gasteiger charge is 2.16. The van der Waals surface area contributed by atoms with Crippen LogP contribution < -0.4 is 15.6 Å². The van der Waals surface area contributed by atoms with Crippen LogP contribution in [0, 0.1) is 12.7 Å². The van der Waals surface area contributed by atoms with E-state index in [2.05, 4.69) is 10.9 Å². The molecule has 2 N–H and O–H groups in total. The normalized spacial score (nSPS) is 11.8. The molecule has 0 saturated heterocycles. The lowest BCUT2D eigenvalue weighted by Gasteiger charge is -2.15. The maximum atomic E-state index is 13.5. The zero-order valence-electron chi connectivity index (χ0n) is 14.0. The lowest BCUT2D eigenvalue weighted by atomic mass is 10.1. The minimum Gasteiger partial charge on any atom is -0.478 e. The van der Waals surface area contributed by atoms with E-state index in [9.17, 15) is 14.0 Å². The molecule has 2 aromatic carbocycles. The minimum atomic E-state index is -0.974. The Morgan fingerprint density at radius 3 is 2.48 bits per heavy atom. The van der Waals surface area contributed by atoms with Gasteiger partial charge in [-0.05, 0) is 43.2 Å². The Bertz CT molecular complexity index is 790. The third-order valence-corrected chi connectivity index (χ3v) is 3.42. The number of ether oxygens (including phenoxy) is 1. The molecular formula is C19H19FN2O3.